The highest BCUT2D eigenvalue weighted by Crippen LogP contribution is 2.52. The second-order valence-corrected chi connectivity index (χ2v) is 13.9. The molecule has 1 aliphatic heterocycles. The summed E-state index contributed by atoms with van der Waals surface area (Å²) in [4.78, 5) is 11.3. The van der Waals surface area contributed by atoms with Gasteiger partial charge in [-0.05, 0) is 100 Å². The number of aryl methyl sites for hydroxylation is 2. The van der Waals surface area contributed by atoms with Gasteiger partial charge in [0.15, 0.2) is 11.4 Å². The normalized spacial score (nSPS) is 13.3. The number of hydrogen-bond donors (Lipinski definition) is 0. The Morgan fingerprint density at radius 2 is 1.16 bits per heavy atom. The molecule has 0 bridgehead atoms. The van der Waals surface area contributed by atoms with Crippen LogP contribution in [-0.2, 0) is 5.41 Å². The molecule has 1 aliphatic carbocycles. The van der Waals surface area contributed by atoms with Crippen molar-refractivity contribution in [2.24, 2.45) is 0 Å². The fourth-order valence-corrected chi connectivity index (χ4v) is 8.22. The molecule has 5 nitrogen and oxygen atoms in total. The third-order valence-electron chi connectivity index (χ3n) is 10.6. The maximum Gasteiger partial charge on any atom is 0.177 e. The van der Waals surface area contributed by atoms with Crippen LogP contribution in [-0.4, -0.2) is 9.97 Å². The Bertz CT molecular complexity index is 2700. The molecule has 0 spiro atoms. The Morgan fingerprint density at radius 3 is 1.76 bits per heavy atom. The second kappa shape index (κ2) is 10.9. The summed E-state index contributed by atoms with van der Waals surface area (Å²) in [5.74, 6) is -0.403. The van der Waals surface area contributed by atoms with Gasteiger partial charge in [-0.15, -0.1) is 0 Å². The first-order chi connectivity index (χ1) is 24.7. The first kappa shape index (κ1) is 30.4. The largest absolute Gasteiger partial charge is 0.310 e. The fourth-order valence-electron chi connectivity index (χ4n) is 8.22. The molecule has 7 aromatic rings. The van der Waals surface area contributed by atoms with E-state index in [1.165, 1.54) is 34.1 Å². The van der Waals surface area contributed by atoms with Crippen molar-refractivity contribution in [2.45, 2.75) is 33.1 Å². The fraction of sp³-hybridized carbons (Fsp3) is 0.111. The van der Waals surface area contributed by atoms with Gasteiger partial charge < -0.3 is 4.90 Å². The van der Waals surface area contributed by atoms with Crippen molar-refractivity contribution in [3.63, 3.8) is 0 Å². The Labute approximate surface area is 295 Å². The lowest BCUT2D eigenvalue weighted by atomic mass is 9.73. The first-order valence-corrected chi connectivity index (χ1v) is 16.9. The summed E-state index contributed by atoms with van der Waals surface area (Å²) >= 11 is 0. The quantitative estimate of drug-likeness (QED) is 0.189. The maximum absolute atomic E-state index is 15.2. The highest BCUT2D eigenvalue weighted by molar-refractivity contribution is 6.17. The predicted molar refractivity (Wildman–Crippen MR) is 201 cm³/mol. The lowest BCUT2D eigenvalue weighted by Crippen LogP contribution is -2.30. The van der Waals surface area contributed by atoms with Crippen LogP contribution in [0.2, 0.25) is 0 Å². The molecule has 0 unspecified atom stereocenters. The molecule has 0 amide bonds. The van der Waals surface area contributed by atoms with E-state index in [0.29, 0.717) is 17.0 Å². The van der Waals surface area contributed by atoms with Gasteiger partial charge in [-0.25, -0.2) is 14.4 Å². The summed E-state index contributed by atoms with van der Waals surface area (Å²) in [5, 5.41) is 20.7. The van der Waals surface area contributed by atoms with Crippen molar-refractivity contribution < 1.29 is 4.39 Å². The van der Waals surface area contributed by atoms with Crippen molar-refractivity contribution in [3.8, 4) is 56.9 Å². The summed E-state index contributed by atoms with van der Waals surface area (Å²) in [6.45, 7) is 8.88. The topological polar surface area (TPSA) is 76.6 Å². The molecule has 6 heteroatoms. The smallest absolute Gasteiger partial charge is 0.177 e. The van der Waals surface area contributed by atoms with Crippen LogP contribution in [0.15, 0.2) is 109 Å². The van der Waals surface area contributed by atoms with Gasteiger partial charge >= 0.3 is 0 Å². The van der Waals surface area contributed by atoms with E-state index in [1.54, 1.807) is 6.07 Å². The Kier molecular flexibility index (Phi) is 6.53. The number of nitrogens with zero attached hydrogens (tertiary/aromatic N) is 5. The molecule has 2 heterocycles. The zero-order chi connectivity index (χ0) is 35.2. The second-order valence-electron chi connectivity index (χ2n) is 13.9. The van der Waals surface area contributed by atoms with Crippen molar-refractivity contribution in [1.29, 1.82) is 10.5 Å². The van der Waals surface area contributed by atoms with E-state index < -0.39 is 5.82 Å². The maximum atomic E-state index is 15.2. The SMILES string of the molecule is Cc1cc(-c2ccc3c4c(cc(F)cc24)-c2nc(C#N)c(C#N)nc2-3)ccc1-c1ccc(N2c3ccccc3C(C)(C)c3ccccc32)cc1C. The molecular weight excluding hydrogens is 630 g/mol. The van der Waals surface area contributed by atoms with Crippen LogP contribution in [0.5, 0.6) is 0 Å². The van der Waals surface area contributed by atoms with Crippen LogP contribution < -0.4 is 4.90 Å². The highest BCUT2D eigenvalue weighted by atomic mass is 19.1. The van der Waals surface area contributed by atoms with Gasteiger partial charge in [0.1, 0.15) is 18.0 Å². The number of halogens is 1. The lowest BCUT2D eigenvalue weighted by Gasteiger charge is -2.42. The van der Waals surface area contributed by atoms with Gasteiger partial charge in [-0.3, -0.25) is 0 Å². The molecule has 242 valence electrons. The number of fused-ring (bicyclic) bond motifs is 5. The molecule has 0 saturated heterocycles. The summed E-state index contributed by atoms with van der Waals surface area (Å²) in [6, 6.07) is 41.3. The molecule has 2 aliphatic rings. The van der Waals surface area contributed by atoms with Crippen LogP contribution in [0.1, 0.15) is 47.5 Å². The van der Waals surface area contributed by atoms with E-state index in [-0.39, 0.29) is 16.8 Å². The number of hydrogen-bond acceptors (Lipinski definition) is 5. The Balaban J connectivity index is 1.12. The molecule has 9 rings (SSSR count). The number of anilines is 3. The van der Waals surface area contributed by atoms with Crippen LogP contribution in [0, 0.1) is 42.3 Å². The van der Waals surface area contributed by atoms with Crippen LogP contribution >= 0.6 is 0 Å². The molecule has 0 atom stereocenters. The summed E-state index contributed by atoms with van der Waals surface area (Å²) in [5.41, 5.74) is 14.6. The molecule has 0 fully saturated rings. The number of nitriles is 2. The predicted octanol–water partition coefficient (Wildman–Crippen LogP) is 11.2. The molecule has 51 heavy (non-hydrogen) atoms. The van der Waals surface area contributed by atoms with Gasteiger partial charge in [-0.1, -0.05) is 86.6 Å². The summed E-state index contributed by atoms with van der Waals surface area (Å²) < 4.78 is 15.2. The van der Waals surface area contributed by atoms with Gasteiger partial charge in [0.2, 0.25) is 0 Å². The molecular formula is C45H30FN5. The molecule has 0 radical (unpaired) electrons. The standard InChI is InChI=1S/C45H30FN5/c1-25-19-27(32-17-18-33-42-34(32)21-28(46)22-35(42)44-43(33)49-38(23-47)39(24-48)50-44)13-15-30(25)31-16-14-29(20-26(31)2)51-40-11-7-5-9-36(40)45(3,4)37-10-6-8-12-41(37)51/h5-22H,1-4H3. The Hall–Kier alpha value is -6.63. The van der Waals surface area contributed by atoms with Crippen molar-refractivity contribution in [3.05, 3.63) is 149 Å². The van der Waals surface area contributed by atoms with Crippen molar-refractivity contribution in [2.75, 3.05) is 4.90 Å². The number of para-hydroxylation sites is 2. The zero-order valence-electron chi connectivity index (χ0n) is 28.5. The van der Waals surface area contributed by atoms with E-state index in [1.807, 2.05) is 24.3 Å². The van der Waals surface area contributed by atoms with Crippen molar-refractivity contribution in [1.82, 2.24) is 9.97 Å². The third kappa shape index (κ3) is 4.37. The van der Waals surface area contributed by atoms with Gasteiger partial charge in [0, 0.05) is 27.6 Å². The van der Waals surface area contributed by atoms with E-state index in [9.17, 15) is 10.5 Å². The number of rotatable bonds is 3. The minimum atomic E-state index is -0.403. The van der Waals surface area contributed by atoms with E-state index in [4.69, 9.17) is 0 Å². The number of aromatic nitrogens is 2. The zero-order valence-corrected chi connectivity index (χ0v) is 28.5. The molecule has 6 aromatic carbocycles. The first-order valence-electron chi connectivity index (χ1n) is 16.9. The van der Waals surface area contributed by atoms with Gasteiger partial charge in [0.25, 0.3) is 0 Å². The summed E-state index contributed by atoms with van der Waals surface area (Å²) in [7, 11) is 0. The molecule has 1 aromatic heterocycles. The summed E-state index contributed by atoms with van der Waals surface area (Å²) in [6.07, 6.45) is 0. The average Bonchev–Trinajstić information content (AvgIpc) is 3.44. The molecule has 0 saturated carbocycles. The average molecular weight is 660 g/mol. The van der Waals surface area contributed by atoms with E-state index >= 15 is 4.39 Å². The van der Waals surface area contributed by atoms with Crippen molar-refractivity contribution >= 4 is 27.8 Å². The minimum absolute atomic E-state index is 0.0363. The minimum Gasteiger partial charge on any atom is -0.310 e. The van der Waals surface area contributed by atoms with Crippen LogP contribution in [0.4, 0.5) is 21.5 Å². The Morgan fingerprint density at radius 1 is 0.608 bits per heavy atom. The van der Waals surface area contributed by atoms with Crippen LogP contribution in [0.3, 0.4) is 0 Å². The number of benzene rings is 6. The van der Waals surface area contributed by atoms with Gasteiger partial charge in [-0.2, -0.15) is 10.5 Å². The monoisotopic (exact) mass is 659 g/mol. The van der Waals surface area contributed by atoms with E-state index in [2.05, 4.69) is 127 Å². The van der Waals surface area contributed by atoms with Crippen LogP contribution in [0.25, 0.3) is 55.5 Å². The molecule has 0 N–H and O–H groups in total. The third-order valence-corrected chi connectivity index (χ3v) is 10.6. The highest BCUT2D eigenvalue weighted by Gasteiger charge is 2.36. The lowest BCUT2D eigenvalue weighted by molar-refractivity contribution is 0.630. The van der Waals surface area contributed by atoms with Gasteiger partial charge in [0.05, 0.1) is 22.8 Å². The van der Waals surface area contributed by atoms with E-state index in [0.717, 1.165) is 49.8 Å².